The van der Waals surface area contributed by atoms with Crippen LogP contribution in [0.4, 0.5) is 5.69 Å². The van der Waals surface area contributed by atoms with Crippen LogP contribution >= 0.6 is 34.5 Å². The first kappa shape index (κ1) is 19.9. The number of halogens is 2. The Kier molecular flexibility index (Phi) is 5.36. The monoisotopic (exact) mass is 445 g/mol. The average molecular weight is 446 g/mol. The SMILES string of the molecule is CC(C)C(=O)N(c1ccc2oc(=O)sc2c1)S(=O)(=O)c1cc(Cl)ccc1Cl. The van der Waals surface area contributed by atoms with Crippen LogP contribution in [-0.4, -0.2) is 14.3 Å². The Morgan fingerprint density at radius 1 is 1.15 bits per heavy atom. The molecule has 3 aromatic rings. The van der Waals surface area contributed by atoms with Crippen LogP contribution in [-0.2, 0) is 14.8 Å². The second-order valence-corrected chi connectivity index (χ2v) is 9.50. The van der Waals surface area contributed by atoms with Crippen LogP contribution in [0.15, 0.2) is 50.5 Å². The van der Waals surface area contributed by atoms with E-state index in [0.29, 0.717) is 14.6 Å². The molecule has 0 aliphatic rings. The van der Waals surface area contributed by atoms with E-state index in [1.165, 1.54) is 36.4 Å². The van der Waals surface area contributed by atoms with Crippen molar-refractivity contribution in [3.8, 4) is 0 Å². The molecule has 0 saturated heterocycles. The predicted molar refractivity (Wildman–Crippen MR) is 106 cm³/mol. The van der Waals surface area contributed by atoms with Crippen LogP contribution in [0.2, 0.25) is 10.0 Å². The van der Waals surface area contributed by atoms with Crippen molar-refractivity contribution in [2.45, 2.75) is 18.7 Å². The third kappa shape index (κ3) is 3.75. The third-order valence-corrected chi connectivity index (χ3v) is 6.88. The molecular weight excluding hydrogens is 433 g/mol. The van der Waals surface area contributed by atoms with Gasteiger partial charge in [-0.3, -0.25) is 4.79 Å². The Bertz CT molecular complexity index is 1200. The van der Waals surface area contributed by atoms with Crippen LogP contribution in [0.5, 0.6) is 0 Å². The van der Waals surface area contributed by atoms with Gasteiger partial charge in [-0.25, -0.2) is 17.5 Å². The zero-order valence-electron chi connectivity index (χ0n) is 14.1. The van der Waals surface area contributed by atoms with Crippen LogP contribution < -0.4 is 9.24 Å². The molecular formula is C17H13Cl2NO5S2. The molecule has 142 valence electrons. The number of fused-ring (bicyclic) bond motifs is 1. The largest absolute Gasteiger partial charge is 0.414 e. The molecule has 0 N–H and O–H groups in total. The van der Waals surface area contributed by atoms with Gasteiger partial charge in [0.25, 0.3) is 10.0 Å². The lowest BCUT2D eigenvalue weighted by atomic mass is 10.2. The van der Waals surface area contributed by atoms with Gasteiger partial charge >= 0.3 is 4.94 Å². The highest BCUT2D eigenvalue weighted by atomic mass is 35.5. The number of amides is 1. The third-order valence-electron chi connectivity index (χ3n) is 3.65. The number of rotatable bonds is 4. The zero-order valence-corrected chi connectivity index (χ0v) is 17.2. The molecule has 1 aromatic heterocycles. The molecule has 0 fully saturated rings. The molecule has 27 heavy (non-hydrogen) atoms. The number of anilines is 1. The second-order valence-electron chi connectivity index (χ2n) is 5.92. The fourth-order valence-electron chi connectivity index (χ4n) is 2.38. The Morgan fingerprint density at radius 3 is 2.52 bits per heavy atom. The summed E-state index contributed by atoms with van der Waals surface area (Å²) in [6.07, 6.45) is 0. The molecule has 10 heteroatoms. The smallest absolute Gasteiger partial charge is 0.396 e. The van der Waals surface area contributed by atoms with Crippen molar-refractivity contribution in [3.63, 3.8) is 0 Å². The summed E-state index contributed by atoms with van der Waals surface area (Å²) in [4.78, 5) is 23.4. The molecule has 0 radical (unpaired) electrons. The first-order chi connectivity index (χ1) is 12.6. The lowest BCUT2D eigenvalue weighted by Gasteiger charge is -2.24. The van der Waals surface area contributed by atoms with E-state index in [1.54, 1.807) is 13.8 Å². The van der Waals surface area contributed by atoms with Gasteiger partial charge < -0.3 is 4.42 Å². The lowest BCUT2D eigenvalue weighted by Crippen LogP contribution is -2.39. The van der Waals surface area contributed by atoms with Crippen molar-refractivity contribution in [1.29, 1.82) is 0 Å². The minimum absolute atomic E-state index is 0.0602. The first-order valence-electron chi connectivity index (χ1n) is 7.69. The topological polar surface area (TPSA) is 84.7 Å². The number of carbonyl (C=O) groups is 1. The van der Waals surface area contributed by atoms with Gasteiger partial charge in [0.15, 0.2) is 0 Å². The molecule has 0 atom stereocenters. The van der Waals surface area contributed by atoms with Crippen LogP contribution in [0, 0.1) is 5.92 Å². The molecule has 0 saturated carbocycles. The molecule has 0 spiro atoms. The van der Waals surface area contributed by atoms with Gasteiger partial charge in [0, 0.05) is 10.9 Å². The summed E-state index contributed by atoms with van der Waals surface area (Å²) in [5.74, 6) is -1.27. The average Bonchev–Trinajstić information content (AvgIpc) is 2.96. The minimum Gasteiger partial charge on any atom is -0.414 e. The fraction of sp³-hybridized carbons (Fsp3) is 0.176. The van der Waals surface area contributed by atoms with Crippen molar-refractivity contribution >= 4 is 66.4 Å². The standard InChI is InChI=1S/C17H13Cl2NO5S2/c1-9(2)16(21)20(11-4-6-13-14(8-11)26-17(22)25-13)27(23,24)15-7-10(18)3-5-12(15)19/h3-9H,1-2H3. The van der Waals surface area contributed by atoms with E-state index >= 15 is 0 Å². The first-order valence-corrected chi connectivity index (χ1v) is 10.7. The Morgan fingerprint density at radius 2 is 1.85 bits per heavy atom. The normalized spacial score (nSPS) is 11.9. The summed E-state index contributed by atoms with van der Waals surface area (Å²) in [5.41, 5.74) is 0.387. The summed E-state index contributed by atoms with van der Waals surface area (Å²) in [6, 6.07) is 8.24. The van der Waals surface area contributed by atoms with Crippen molar-refractivity contribution in [1.82, 2.24) is 0 Å². The lowest BCUT2D eigenvalue weighted by molar-refractivity contribution is -0.120. The van der Waals surface area contributed by atoms with E-state index in [0.717, 1.165) is 11.3 Å². The predicted octanol–water partition coefficient (Wildman–Crippen LogP) is 4.54. The maximum absolute atomic E-state index is 13.3. The maximum atomic E-state index is 13.3. The van der Waals surface area contributed by atoms with Gasteiger partial charge in [0.1, 0.15) is 10.5 Å². The van der Waals surface area contributed by atoms with E-state index in [-0.39, 0.29) is 20.6 Å². The maximum Gasteiger partial charge on any atom is 0.396 e. The molecule has 6 nitrogen and oxygen atoms in total. The zero-order chi connectivity index (χ0) is 19.9. The Labute approximate surface area is 169 Å². The van der Waals surface area contributed by atoms with Gasteiger partial charge in [-0.15, -0.1) is 0 Å². The molecule has 1 heterocycles. The molecule has 0 bridgehead atoms. The van der Waals surface area contributed by atoms with Crippen molar-refractivity contribution in [3.05, 3.63) is 56.2 Å². The molecule has 0 aliphatic heterocycles. The van der Waals surface area contributed by atoms with Crippen LogP contribution in [0.1, 0.15) is 13.8 Å². The molecule has 0 unspecified atom stereocenters. The van der Waals surface area contributed by atoms with Gasteiger partial charge in [-0.2, -0.15) is 0 Å². The Balaban J connectivity index is 2.25. The van der Waals surface area contributed by atoms with E-state index in [1.807, 2.05) is 0 Å². The number of hydrogen-bond acceptors (Lipinski definition) is 6. The summed E-state index contributed by atoms with van der Waals surface area (Å²) in [7, 11) is -4.35. The van der Waals surface area contributed by atoms with Gasteiger partial charge in [-0.1, -0.05) is 48.4 Å². The van der Waals surface area contributed by atoms with Gasteiger partial charge in [-0.05, 0) is 36.4 Å². The highest BCUT2D eigenvalue weighted by Gasteiger charge is 2.34. The number of hydrogen-bond donors (Lipinski definition) is 0. The minimum atomic E-state index is -4.35. The number of nitrogens with zero attached hydrogens (tertiary/aromatic N) is 1. The summed E-state index contributed by atoms with van der Waals surface area (Å²) < 4.78 is 32.6. The summed E-state index contributed by atoms with van der Waals surface area (Å²) in [6.45, 7) is 3.17. The number of benzene rings is 2. The summed E-state index contributed by atoms with van der Waals surface area (Å²) in [5, 5.41) is 0.105. The molecule has 3 rings (SSSR count). The van der Waals surface area contributed by atoms with Crippen molar-refractivity contribution < 1.29 is 17.6 Å². The van der Waals surface area contributed by atoms with Crippen LogP contribution in [0.25, 0.3) is 10.3 Å². The quantitative estimate of drug-likeness (QED) is 0.588. The van der Waals surface area contributed by atoms with E-state index < -0.39 is 26.8 Å². The fourth-order valence-corrected chi connectivity index (χ4v) is 5.35. The molecule has 0 aliphatic carbocycles. The number of carbonyl (C=O) groups excluding carboxylic acids is 1. The number of sulfonamides is 1. The molecule has 1 amide bonds. The highest BCUT2D eigenvalue weighted by molar-refractivity contribution is 7.93. The van der Waals surface area contributed by atoms with Crippen LogP contribution in [0.3, 0.4) is 0 Å². The molecule has 2 aromatic carbocycles. The van der Waals surface area contributed by atoms with Crippen molar-refractivity contribution in [2.75, 3.05) is 4.31 Å². The van der Waals surface area contributed by atoms with E-state index in [4.69, 9.17) is 27.6 Å². The Hall–Kier alpha value is -1.87. The summed E-state index contributed by atoms with van der Waals surface area (Å²) >= 11 is 12.8. The second kappa shape index (κ2) is 7.27. The van der Waals surface area contributed by atoms with E-state index in [9.17, 15) is 18.0 Å². The van der Waals surface area contributed by atoms with E-state index in [2.05, 4.69) is 0 Å². The van der Waals surface area contributed by atoms with Gasteiger partial charge in [0.2, 0.25) is 5.91 Å². The highest BCUT2D eigenvalue weighted by Crippen LogP contribution is 2.33. The van der Waals surface area contributed by atoms with Crippen molar-refractivity contribution in [2.24, 2.45) is 5.92 Å². The van der Waals surface area contributed by atoms with Gasteiger partial charge in [0.05, 0.1) is 15.4 Å².